The Labute approximate surface area is 95.6 Å². The van der Waals surface area contributed by atoms with Gasteiger partial charge in [0.25, 0.3) is 0 Å². The molecule has 0 aromatic carbocycles. The maximum atomic E-state index is 5.44. The summed E-state index contributed by atoms with van der Waals surface area (Å²) in [7, 11) is 0. The van der Waals surface area contributed by atoms with Crippen molar-refractivity contribution >= 4 is 23.7 Å². The van der Waals surface area contributed by atoms with Crippen molar-refractivity contribution in [1.29, 1.82) is 0 Å². The van der Waals surface area contributed by atoms with Crippen LogP contribution in [0.3, 0.4) is 0 Å². The van der Waals surface area contributed by atoms with Crippen LogP contribution in [0.1, 0.15) is 25.7 Å². The first-order valence-corrected chi connectivity index (χ1v) is 6.44. The Morgan fingerprint density at radius 1 is 1.07 bits per heavy atom. The smallest absolute Gasteiger partial charge is 0.218 e. The summed E-state index contributed by atoms with van der Waals surface area (Å²) in [6, 6.07) is 0. The molecule has 0 aliphatic rings. The van der Waals surface area contributed by atoms with Crippen molar-refractivity contribution < 1.29 is 0 Å². The van der Waals surface area contributed by atoms with Crippen LogP contribution in [0, 0.1) is 0 Å². The molecule has 0 aromatic rings. The van der Waals surface area contributed by atoms with Crippen molar-refractivity contribution in [2.45, 2.75) is 25.7 Å². The topological polar surface area (TPSA) is 103 Å². The molecule has 0 bridgehead atoms. The third-order valence-corrected chi connectivity index (χ3v) is 2.47. The zero-order valence-corrected chi connectivity index (χ0v) is 10.1. The maximum absolute atomic E-state index is 5.44. The molecule has 0 aliphatic carbocycles. The number of nitrogens with zero attached hydrogens (tertiary/aromatic N) is 2. The van der Waals surface area contributed by atoms with Crippen LogP contribution in [0.25, 0.3) is 0 Å². The van der Waals surface area contributed by atoms with Gasteiger partial charge in [-0.2, -0.15) is 16.8 Å². The van der Waals surface area contributed by atoms with Gasteiger partial charge in [0.05, 0.1) is 0 Å². The highest BCUT2D eigenvalue weighted by Crippen LogP contribution is 2.04. The molecular weight excluding hydrogens is 210 g/mol. The fourth-order valence-electron chi connectivity index (χ4n) is 1.07. The molecule has 6 heteroatoms. The summed E-state index contributed by atoms with van der Waals surface area (Å²) >= 11 is 1.88. The summed E-state index contributed by atoms with van der Waals surface area (Å²) < 4.78 is 0. The number of rotatable bonds is 7. The van der Waals surface area contributed by atoms with Crippen LogP contribution in [0.4, 0.5) is 0 Å². The maximum Gasteiger partial charge on any atom is 0.218 e. The Kier molecular flexibility index (Phi) is 9.05. The molecule has 15 heavy (non-hydrogen) atoms. The van der Waals surface area contributed by atoms with E-state index in [-0.39, 0.29) is 11.9 Å². The fourth-order valence-corrected chi connectivity index (χ4v) is 1.57. The predicted molar refractivity (Wildman–Crippen MR) is 69.1 cm³/mol. The Morgan fingerprint density at radius 3 is 2.33 bits per heavy atom. The van der Waals surface area contributed by atoms with Gasteiger partial charge in [-0.15, -0.1) is 0 Å². The van der Waals surface area contributed by atoms with Crippen molar-refractivity contribution in [3.63, 3.8) is 0 Å². The molecule has 0 saturated heterocycles. The molecule has 88 valence electrons. The summed E-state index contributed by atoms with van der Waals surface area (Å²) in [6.07, 6.45) is 6.86. The Hall–Kier alpha value is -0.910. The molecule has 5 nitrogen and oxygen atoms in total. The fraction of sp³-hybridized carbons (Fsp3) is 0.778. The molecule has 0 fully saturated rings. The normalized spacial score (nSPS) is 11.4. The van der Waals surface area contributed by atoms with Crippen molar-refractivity contribution in [1.82, 2.24) is 0 Å². The summed E-state index contributed by atoms with van der Waals surface area (Å²) in [5.41, 5.74) is 15.7. The quantitative estimate of drug-likeness (QED) is 0.337. The van der Waals surface area contributed by atoms with Gasteiger partial charge in [0, 0.05) is 6.54 Å². The molecular formula is C9H21N5S. The van der Waals surface area contributed by atoms with Gasteiger partial charge in [0.2, 0.25) is 5.96 Å². The molecule has 0 rings (SSSR count). The van der Waals surface area contributed by atoms with E-state index in [9.17, 15) is 0 Å². The summed E-state index contributed by atoms with van der Waals surface area (Å²) in [6.45, 7) is 0.696. The second-order valence-electron chi connectivity index (χ2n) is 3.18. The van der Waals surface area contributed by atoms with Crippen molar-refractivity contribution in [3.8, 4) is 0 Å². The lowest BCUT2D eigenvalue weighted by Gasteiger charge is -1.98. The minimum absolute atomic E-state index is 0.0452. The number of guanidine groups is 2. The molecule has 6 N–H and O–H groups in total. The highest BCUT2D eigenvalue weighted by molar-refractivity contribution is 7.98. The van der Waals surface area contributed by atoms with Crippen LogP contribution < -0.4 is 17.2 Å². The van der Waals surface area contributed by atoms with Crippen LogP contribution in [-0.4, -0.2) is 30.5 Å². The summed E-state index contributed by atoms with van der Waals surface area (Å²) in [5, 5.41) is 0. The first-order valence-electron chi connectivity index (χ1n) is 5.05. The number of nitrogens with two attached hydrogens (primary N) is 3. The molecule has 0 amide bonds. The van der Waals surface area contributed by atoms with E-state index in [4.69, 9.17) is 17.2 Å². The molecule has 0 aromatic heterocycles. The molecule has 0 unspecified atom stereocenters. The summed E-state index contributed by atoms with van der Waals surface area (Å²) in [5.74, 6) is 1.36. The Morgan fingerprint density at radius 2 is 1.73 bits per heavy atom. The summed E-state index contributed by atoms with van der Waals surface area (Å²) in [4.78, 5) is 7.65. The average Bonchev–Trinajstić information content (AvgIpc) is 2.15. The third-order valence-electron chi connectivity index (χ3n) is 1.77. The lowest BCUT2D eigenvalue weighted by molar-refractivity contribution is 0.678. The lowest BCUT2D eigenvalue weighted by Crippen LogP contribution is -2.26. The number of hydrogen-bond donors (Lipinski definition) is 3. The molecule has 0 atom stereocenters. The number of aliphatic imine (C=N–C) groups is 2. The van der Waals surface area contributed by atoms with Crippen LogP contribution in [0.2, 0.25) is 0 Å². The van der Waals surface area contributed by atoms with E-state index in [0.29, 0.717) is 6.54 Å². The van der Waals surface area contributed by atoms with Crippen LogP contribution in [-0.2, 0) is 0 Å². The molecule has 0 heterocycles. The first-order chi connectivity index (χ1) is 7.16. The average molecular weight is 231 g/mol. The van der Waals surface area contributed by atoms with E-state index in [0.717, 1.165) is 6.42 Å². The first kappa shape index (κ1) is 14.1. The third kappa shape index (κ3) is 11.0. The van der Waals surface area contributed by atoms with E-state index < -0.39 is 0 Å². The van der Waals surface area contributed by atoms with Crippen LogP contribution in [0.15, 0.2) is 9.98 Å². The van der Waals surface area contributed by atoms with Gasteiger partial charge in [-0.25, -0.2) is 0 Å². The predicted octanol–water partition coefficient (Wildman–Crippen LogP) is 0.498. The van der Waals surface area contributed by atoms with Gasteiger partial charge in [-0.05, 0) is 24.9 Å². The number of unbranched alkanes of at least 4 members (excludes halogenated alkanes) is 3. The van der Waals surface area contributed by atoms with E-state index >= 15 is 0 Å². The monoisotopic (exact) mass is 231 g/mol. The van der Waals surface area contributed by atoms with Gasteiger partial charge < -0.3 is 17.2 Å². The van der Waals surface area contributed by atoms with E-state index in [1.54, 1.807) is 0 Å². The SMILES string of the molecule is CSCCCCCCN=C(N)N=C(N)N. The standard InChI is InChI=1S/C9H21N5S/c1-15-7-5-3-2-4-6-13-9(12)14-8(10)11/h2-7H2,1H3,(H6,10,11,12,13,14). The molecule has 0 spiro atoms. The number of hydrogen-bond acceptors (Lipinski definition) is 2. The highest BCUT2D eigenvalue weighted by Gasteiger charge is 1.91. The highest BCUT2D eigenvalue weighted by atomic mass is 32.2. The molecule has 0 radical (unpaired) electrons. The van der Waals surface area contributed by atoms with Crippen molar-refractivity contribution in [3.05, 3.63) is 0 Å². The van der Waals surface area contributed by atoms with E-state index in [1.165, 1.54) is 25.0 Å². The van der Waals surface area contributed by atoms with Crippen molar-refractivity contribution in [2.24, 2.45) is 27.2 Å². The van der Waals surface area contributed by atoms with Gasteiger partial charge in [0.1, 0.15) is 0 Å². The van der Waals surface area contributed by atoms with Gasteiger partial charge in [0.15, 0.2) is 5.96 Å². The van der Waals surface area contributed by atoms with E-state index in [1.807, 2.05) is 11.8 Å². The van der Waals surface area contributed by atoms with Crippen LogP contribution in [0.5, 0.6) is 0 Å². The second-order valence-corrected chi connectivity index (χ2v) is 4.17. The largest absolute Gasteiger partial charge is 0.370 e. The number of thioether (sulfide) groups is 1. The van der Waals surface area contributed by atoms with Gasteiger partial charge in [-0.1, -0.05) is 12.8 Å². The van der Waals surface area contributed by atoms with E-state index in [2.05, 4.69) is 16.2 Å². The minimum atomic E-state index is -0.0452. The van der Waals surface area contributed by atoms with Gasteiger partial charge in [-0.3, -0.25) is 4.99 Å². The van der Waals surface area contributed by atoms with Crippen LogP contribution >= 0.6 is 11.8 Å². The van der Waals surface area contributed by atoms with Gasteiger partial charge >= 0.3 is 0 Å². The molecule has 0 aliphatic heterocycles. The minimum Gasteiger partial charge on any atom is -0.370 e. The zero-order chi connectivity index (χ0) is 11.5. The van der Waals surface area contributed by atoms with Crippen molar-refractivity contribution in [2.75, 3.05) is 18.6 Å². The molecule has 0 saturated carbocycles. The lowest BCUT2D eigenvalue weighted by atomic mass is 10.2. The Balaban J connectivity index is 3.41. The Bertz CT molecular complexity index is 211. The second kappa shape index (κ2) is 9.64. The zero-order valence-electron chi connectivity index (χ0n) is 9.28.